The van der Waals surface area contributed by atoms with Crippen molar-refractivity contribution < 1.29 is 0 Å². The van der Waals surface area contributed by atoms with E-state index in [-0.39, 0.29) is 0 Å². The molecule has 6 heteroatoms. The highest BCUT2D eigenvalue weighted by Crippen LogP contribution is 2.16. The van der Waals surface area contributed by atoms with Crippen LogP contribution in [0.25, 0.3) is 11.3 Å². The molecule has 0 unspecified atom stereocenters. The number of H-pyrrole nitrogens is 1. The number of aromatic nitrogens is 4. The van der Waals surface area contributed by atoms with E-state index in [0.29, 0.717) is 12.0 Å². The molecule has 0 aromatic carbocycles. The van der Waals surface area contributed by atoms with Crippen LogP contribution in [0.2, 0.25) is 0 Å². The molecular formula is C11H14N6. The molecular weight excluding hydrogens is 216 g/mol. The lowest BCUT2D eigenvalue weighted by molar-refractivity contribution is 0.781. The Morgan fingerprint density at radius 1 is 1.41 bits per heavy atom. The molecule has 3 rings (SSSR count). The summed E-state index contributed by atoms with van der Waals surface area (Å²) in [5.41, 5.74) is 1.85. The summed E-state index contributed by atoms with van der Waals surface area (Å²) in [5, 5.41) is 13.3. The van der Waals surface area contributed by atoms with E-state index in [0.717, 1.165) is 30.8 Å². The van der Waals surface area contributed by atoms with Crippen LogP contribution in [0.4, 0.5) is 5.95 Å². The number of hydrogen-bond acceptors (Lipinski definition) is 5. The number of hydrogen-bond donors (Lipinski definition) is 3. The van der Waals surface area contributed by atoms with Gasteiger partial charge in [-0.05, 0) is 19.0 Å². The fourth-order valence-electron chi connectivity index (χ4n) is 1.94. The molecule has 17 heavy (non-hydrogen) atoms. The van der Waals surface area contributed by atoms with Crippen molar-refractivity contribution >= 4 is 5.95 Å². The molecule has 2 aromatic rings. The lowest BCUT2D eigenvalue weighted by Crippen LogP contribution is -2.23. The van der Waals surface area contributed by atoms with Crippen molar-refractivity contribution in [3.8, 4) is 11.3 Å². The van der Waals surface area contributed by atoms with Crippen molar-refractivity contribution in [1.82, 2.24) is 25.5 Å². The van der Waals surface area contributed by atoms with E-state index in [4.69, 9.17) is 0 Å². The van der Waals surface area contributed by atoms with Crippen LogP contribution < -0.4 is 10.6 Å². The van der Waals surface area contributed by atoms with Gasteiger partial charge in [-0.15, -0.1) is 0 Å². The summed E-state index contributed by atoms with van der Waals surface area (Å²) in [6, 6.07) is 2.30. The van der Waals surface area contributed by atoms with E-state index < -0.39 is 0 Å². The topological polar surface area (TPSA) is 78.5 Å². The largest absolute Gasteiger partial charge is 0.350 e. The molecule has 3 heterocycles. The van der Waals surface area contributed by atoms with Gasteiger partial charge in [0.15, 0.2) is 0 Å². The van der Waals surface area contributed by atoms with Gasteiger partial charge in [0, 0.05) is 30.5 Å². The Morgan fingerprint density at radius 2 is 2.41 bits per heavy atom. The summed E-state index contributed by atoms with van der Waals surface area (Å²) in [4.78, 5) is 8.70. The van der Waals surface area contributed by atoms with E-state index in [1.54, 1.807) is 12.4 Å². The number of nitrogens with one attached hydrogen (secondary N) is 3. The average Bonchev–Trinajstić information content (AvgIpc) is 3.01. The molecule has 0 bridgehead atoms. The van der Waals surface area contributed by atoms with Crippen LogP contribution in [0.15, 0.2) is 24.7 Å². The number of rotatable bonds is 3. The predicted molar refractivity (Wildman–Crippen MR) is 64.5 cm³/mol. The molecule has 6 nitrogen and oxygen atoms in total. The van der Waals surface area contributed by atoms with Crippen molar-refractivity contribution in [2.45, 2.75) is 12.5 Å². The van der Waals surface area contributed by atoms with Gasteiger partial charge in [-0.25, -0.2) is 9.97 Å². The maximum Gasteiger partial charge on any atom is 0.223 e. The van der Waals surface area contributed by atoms with Crippen molar-refractivity contribution in [3.63, 3.8) is 0 Å². The molecule has 1 saturated heterocycles. The molecule has 2 aromatic heterocycles. The third kappa shape index (κ3) is 2.26. The molecule has 0 saturated carbocycles. The highest BCUT2D eigenvalue weighted by Gasteiger charge is 2.15. The van der Waals surface area contributed by atoms with Crippen molar-refractivity contribution in [1.29, 1.82) is 0 Å². The SMILES string of the molecule is c1cc(-c2cn[nH]c2)nc(N[C@@H]2CCNC2)n1. The van der Waals surface area contributed by atoms with Gasteiger partial charge in [0.1, 0.15) is 0 Å². The van der Waals surface area contributed by atoms with Gasteiger partial charge < -0.3 is 10.6 Å². The Balaban J connectivity index is 1.79. The van der Waals surface area contributed by atoms with Gasteiger partial charge in [-0.2, -0.15) is 5.10 Å². The van der Waals surface area contributed by atoms with Gasteiger partial charge in [0.25, 0.3) is 0 Å². The van der Waals surface area contributed by atoms with Crippen LogP contribution in [0, 0.1) is 0 Å². The highest BCUT2D eigenvalue weighted by molar-refractivity contribution is 5.57. The van der Waals surface area contributed by atoms with Gasteiger partial charge >= 0.3 is 0 Å². The molecule has 1 aliphatic rings. The molecule has 0 radical (unpaired) electrons. The molecule has 3 N–H and O–H groups in total. The Bertz CT molecular complexity index is 474. The molecule has 0 aliphatic carbocycles. The Kier molecular flexibility index (Phi) is 2.71. The molecule has 0 spiro atoms. The summed E-state index contributed by atoms with van der Waals surface area (Å²) < 4.78 is 0. The summed E-state index contributed by atoms with van der Waals surface area (Å²) in [5.74, 6) is 0.678. The first-order valence-corrected chi connectivity index (χ1v) is 5.71. The second kappa shape index (κ2) is 4.50. The second-order valence-corrected chi connectivity index (χ2v) is 4.09. The number of nitrogens with zero attached hydrogens (tertiary/aromatic N) is 3. The summed E-state index contributed by atoms with van der Waals surface area (Å²) in [6.45, 7) is 2.03. The summed E-state index contributed by atoms with van der Waals surface area (Å²) in [7, 11) is 0. The molecule has 0 amide bonds. The Morgan fingerprint density at radius 3 is 3.18 bits per heavy atom. The van der Waals surface area contributed by atoms with E-state index in [1.165, 1.54) is 0 Å². The minimum Gasteiger partial charge on any atom is -0.350 e. The molecule has 1 aliphatic heterocycles. The first kappa shape index (κ1) is 10.2. The van der Waals surface area contributed by atoms with E-state index >= 15 is 0 Å². The fourth-order valence-corrected chi connectivity index (χ4v) is 1.94. The van der Waals surface area contributed by atoms with Gasteiger partial charge in [0.05, 0.1) is 11.9 Å². The normalized spacial score (nSPS) is 19.4. The third-order valence-corrected chi connectivity index (χ3v) is 2.84. The summed E-state index contributed by atoms with van der Waals surface area (Å²) in [6.07, 6.45) is 6.45. The zero-order chi connectivity index (χ0) is 11.5. The Hall–Kier alpha value is -1.95. The predicted octanol–water partition coefficient (Wildman–Crippen LogP) is 0.640. The average molecular weight is 230 g/mol. The van der Waals surface area contributed by atoms with Crippen LogP contribution in [0.3, 0.4) is 0 Å². The van der Waals surface area contributed by atoms with Gasteiger partial charge in [-0.1, -0.05) is 0 Å². The third-order valence-electron chi connectivity index (χ3n) is 2.84. The maximum absolute atomic E-state index is 4.47. The number of aromatic amines is 1. The first-order valence-electron chi connectivity index (χ1n) is 5.71. The molecule has 88 valence electrons. The Labute approximate surface area is 98.9 Å². The second-order valence-electron chi connectivity index (χ2n) is 4.09. The van der Waals surface area contributed by atoms with Crippen LogP contribution in [0.1, 0.15) is 6.42 Å². The van der Waals surface area contributed by atoms with Gasteiger partial charge in [0.2, 0.25) is 5.95 Å². The van der Waals surface area contributed by atoms with Crippen LogP contribution in [-0.2, 0) is 0 Å². The number of anilines is 1. The monoisotopic (exact) mass is 230 g/mol. The first-order chi connectivity index (χ1) is 8.42. The van der Waals surface area contributed by atoms with Crippen molar-refractivity contribution in [2.24, 2.45) is 0 Å². The lowest BCUT2D eigenvalue weighted by atomic mass is 10.2. The fraction of sp³-hybridized carbons (Fsp3) is 0.364. The standard InChI is InChI=1S/C11H14N6/c1-3-12-7-9(1)16-11-13-4-2-10(17-11)8-5-14-15-6-8/h2,4-6,9,12H,1,3,7H2,(H,14,15)(H,13,16,17)/t9-/m1/s1. The van der Waals surface area contributed by atoms with Crippen molar-refractivity contribution in [2.75, 3.05) is 18.4 Å². The minimum absolute atomic E-state index is 0.426. The summed E-state index contributed by atoms with van der Waals surface area (Å²) >= 11 is 0. The smallest absolute Gasteiger partial charge is 0.223 e. The molecule has 1 atom stereocenters. The minimum atomic E-state index is 0.426. The highest BCUT2D eigenvalue weighted by atomic mass is 15.1. The van der Waals surface area contributed by atoms with Crippen LogP contribution in [0.5, 0.6) is 0 Å². The molecule has 1 fully saturated rings. The maximum atomic E-state index is 4.47. The van der Waals surface area contributed by atoms with Crippen LogP contribution >= 0.6 is 0 Å². The zero-order valence-electron chi connectivity index (χ0n) is 9.35. The van der Waals surface area contributed by atoms with Crippen molar-refractivity contribution in [3.05, 3.63) is 24.7 Å². The quantitative estimate of drug-likeness (QED) is 0.721. The van der Waals surface area contributed by atoms with E-state index in [1.807, 2.05) is 12.3 Å². The van der Waals surface area contributed by atoms with E-state index in [9.17, 15) is 0 Å². The van der Waals surface area contributed by atoms with Gasteiger partial charge in [-0.3, -0.25) is 5.10 Å². The zero-order valence-corrected chi connectivity index (χ0v) is 9.35. The van der Waals surface area contributed by atoms with E-state index in [2.05, 4.69) is 30.8 Å². The lowest BCUT2D eigenvalue weighted by Gasteiger charge is -2.11. The van der Waals surface area contributed by atoms with Crippen LogP contribution in [-0.4, -0.2) is 39.3 Å².